The fourth-order valence-electron chi connectivity index (χ4n) is 1.98. The third-order valence-corrected chi connectivity index (χ3v) is 3.19. The topological polar surface area (TPSA) is 64.1 Å². The van der Waals surface area contributed by atoms with E-state index < -0.39 is 0 Å². The van der Waals surface area contributed by atoms with Gasteiger partial charge in [-0.05, 0) is 13.0 Å². The fourth-order valence-corrected chi connectivity index (χ4v) is 1.98. The lowest BCUT2D eigenvalue weighted by molar-refractivity contribution is 0.500. The molecule has 0 spiro atoms. The molecule has 0 saturated heterocycles. The first kappa shape index (κ1) is 16.9. The Labute approximate surface area is 108 Å². The molecular weight excluding hydrogens is 210 g/mol. The molecule has 0 aromatic rings. The normalized spacial score (nSPS) is 12.9. The van der Waals surface area contributed by atoms with Gasteiger partial charge in [0.05, 0.1) is 6.17 Å². The highest BCUT2D eigenvalue weighted by Crippen LogP contribution is 2.10. The molecule has 0 aliphatic heterocycles. The van der Waals surface area contributed by atoms with Gasteiger partial charge in [0.2, 0.25) is 0 Å². The highest BCUT2D eigenvalue weighted by atomic mass is 15.0. The molecule has 0 heterocycles. The minimum Gasteiger partial charge on any atom is -0.328 e. The molecule has 0 bridgehead atoms. The summed E-state index contributed by atoms with van der Waals surface area (Å²) >= 11 is 0. The average molecular weight is 243 g/mol. The number of nitrogens with one attached hydrogen (secondary N) is 1. The van der Waals surface area contributed by atoms with E-state index in [0.717, 1.165) is 6.54 Å². The SMILES string of the molecule is CCCCCCCCCCCCNC(N)CN. The van der Waals surface area contributed by atoms with Crippen LogP contribution in [0.3, 0.4) is 0 Å². The van der Waals surface area contributed by atoms with E-state index in [1.807, 2.05) is 0 Å². The van der Waals surface area contributed by atoms with E-state index in [1.165, 1.54) is 64.2 Å². The lowest BCUT2D eigenvalue weighted by atomic mass is 10.1. The summed E-state index contributed by atoms with van der Waals surface area (Å²) in [5.74, 6) is 0. The second kappa shape index (κ2) is 13.9. The predicted octanol–water partition coefficient (Wildman–Crippen LogP) is 2.74. The van der Waals surface area contributed by atoms with Crippen molar-refractivity contribution in [3.63, 3.8) is 0 Å². The summed E-state index contributed by atoms with van der Waals surface area (Å²) < 4.78 is 0. The molecule has 0 amide bonds. The van der Waals surface area contributed by atoms with Crippen molar-refractivity contribution in [3.8, 4) is 0 Å². The molecule has 0 aromatic carbocycles. The number of rotatable bonds is 13. The first-order valence-corrected chi connectivity index (χ1v) is 7.50. The molecule has 0 radical (unpaired) electrons. The minimum atomic E-state index is -0.0198. The van der Waals surface area contributed by atoms with E-state index in [0.29, 0.717) is 6.54 Å². The quantitative estimate of drug-likeness (QED) is 0.344. The highest BCUT2D eigenvalue weighted by molar-refractivity contribution is 4.58. The van der Waals surface area contributed by atoms with Crippen LogP contribution >= 0.6 is 0 Å². The van der Waals surface area contributed by atoms with Gasteiger partial charge in [0.15, 0.2) is 0 Å². The maximum atomic E-state index is 5.66. The van der Waals surface area contributed by atoms with Gasteiger partial charge in [-0.1, -0.05) is 64.7 Å². The monoisotopic (exact) mass is 243 g/mol. The number of nitrogens with two attached hydrogens (primary N) is 2. The van der Waals surface area contributed by atoms with Crippen molar-refractivity contribution in [3.05, 3.63) is 0 Å². The summed E-state index contributed by atoms with van der Waals surface area (Å²) in [6, 6.07) is 0. The standard InChI is InChI=1S/C14H33N3/c1-2-3-4-5-6-7-8-9-10-11-12-17-14(16)13-15/h14,17H,2-13,15-16H2,1H3. The smallest absolute Gasteiger partial charge is 0.0672 e. The van der Waals surface area contributed by atoms with Crippen LogP contribution in [0.5, 0.6) is 0 Å². The maximum absolute atomic E-state index is 5.66. The van der Waals surface area contributed by atoms with Crippen LogP contribution in [0.15, 0.2) is 0 Å². The van der Waals surface area contributed by atoms with Crippen molar-refractivity contribution in [2.75, 3.05) is 13.1 Å². The van der Waals surface area contributed by atoms with Gasteiger partial charge in [0, 0.05) is 6.54 Å². The highest BCUT2D eigenvalue weighted by Gasteiger charge is 1.96. The number of unbranched alkanes of at least 4 members (excludes halogenated alkanes) is 9. The van der Waals surface area contributed by atoms with Crippen molar-refractivity contribution in [1.29, 1.82) is 0 Å². The lowest BCUT2D eigenvalue weighted by Crippen LogP contribution is -2.43. The van der Waals surface area contributed by atoms with E-state index in [9.17, 15) is 0 Å². The zero-order chi connectivity index (χ0) is 12.8. The number of hydrogen-bond acceptors (Lipinski definition) is 3. The Kier molecular flexibility index (Phi) is 13.8. The van der Waals surface area contributed by atoms with E-state index in [4.69, 9.17) is 11.5 Å². The fraction of sp³-hybridized carbons (Fsp3) is 1.00. The van der Waals surface area contributed by atoms with Gasteiger partial charge in [-0.2, -0.15) is 0 Å². The Morgan fingerprint density at radius 2 is 1.29 bits per heavy atom. The third kappa shape index (κ3) is 13.8. The first-order chi connectivity index (χ1) is 8.31. The third-order valence-electron chi connectivity index (χ3n) is 3.19. The van der Waals surface area contributed by atoms with Crippen LogP contribution in [0.2, 0.25) is 0 Å². The molecule has 0 fully saturated rings. The number of hydrogen-bond donors (Lipinski definition) is 3. The minimum absolute atomic E-state index is 0.0198. The average Bonchev–Trinajstić information content (AvgIpc) is 2.35. The van der Waals surface area contributed by atoms with Crippen molar-refractivity contribution < 1.29 is 0 Å². The van der Waals surface area contributed by atoms with Gasteiger partial charge in [-0.15, -0.1) is 0 Å². The summed E-state index contributed by atoms with van der Waals surface area (Å²) in [6.07, 6.45) is 13.7. The molecule has 5 N–H and O–H groups in total. The molecule has 104 valence electrons. The van der Waals surface area contributed by atoms with Crippen LogP contribution in [-0.2, 0) is 0 Å². The van der Waals surface area contributed by atoms with Crippen molar-refractivity contribution in [2.45, 2.75) is 77.3 Å². The second-order valence-corrected chi connectivity index (χ2v) is 4.98. The molecule has 0 aliphatic carbocycles. The van der Waals surface area contributed by atoms with Crippen LogP contribution in [0, 0.1) is 0 Å². The molecule has 3 heteroatoms. The molecule has 1 unspecified atom stereocenters. The summed E-state index contributed by atoms with van der Waals surface area (Å²) in [5.41, 5.74) is 11.1. The van der Waals surface area contributed by atoms with Crippen molar-refractivity contribution >= 4 is 0 Å². The van der Waals surface area contributed by atoms with E-state index in [-0.39, 0.29) is 6.17 Å². The molecule has 17 heavy (non-hydrogen) atoms. The maximum Gasteiger partial charge on any atom is 0.0672 e. The largest absolute Gasteiger partial charge is 0.328 e. The molecule has 0 saturated carbocycles. The van der Waals surface area contributed by atoms with Gasteiger partial charge >= 0.3 is 0 Å². The van der Waals surface area contributed by atoms with Gasteiger partial charge in [-0.3, -0.25) is 0 Å². The second-order valence-electron chi connectivity index (χ2n) is 4.98. The van der Waals surface area contributed by atoms with E-state index >= 15 is 0 Å². The van der Waals surface area contributed by atoms with Crippen LogP contribution in [-0.4, -0.2) is 19.3 Å². The molecule has 0 aliphatic rings. The van der Waals surface area contributed by atoms with Gasteiger partial charge in [0.25, 0.3) is 0 Å². The van der Waals surface area contributed by atoms with Crippen molar-refractivity contribution in [2.24, 2.45) is 11.5 Å². The Hall–Kier alpha value is -0.120. The van der Waals surface area contributed by atoms with E-state index in [2.05, 4.69) is 12.2 Å². The summed E-state index contributed by atoms with van der Waals surface area (Å²) in [6.45, 7) is 3.80. The molecule has 0 rings (SSSR count). The Balaban J connectivity index is 2.94. The summed E-state index contributed by atoms with van der Waals surface area (Å²) in [7, 11) is 0. The van der Waals surface area contributed by atoms with Gasteiger partial charge < -0.3 is 16.8 Å². The zero-order valence-electron chi connectivity index (χ0n) is 11.7. The van der Waals surface area contributed by atoms with Gasteiger partial charge in [0.1, 0.15) is 0 Å². The van der Waals surface area contributed by atoms with Crippen LogP contribution in [0.1, 0.15) is 71.1 Å². The lowest BCUT2D eigenvalue weighted by Gasteiger charge is -2.10. The van der Waals surface area contributed by atoms with Crippen LogP contribution in [0.4, 0.5) is 0 Å². The van der Waals surface area contributed by atoms with Crippen molar-refractivity contribution in [1.82, 2.24) is 5.32 Å². The molecule has 3 nitrogen and oxygen atoms in total. The Morgan fingerprint density at radius 1 is 0.824 bits per heavy atom. The van der Waals surface area contributed by atoms with Crippen LogP contribution in [0.25, 0.3) is 0 Å². The van der Waals surface area contributed by atoms with E-state index in [1.54, 1.807) is 0 Å². The molecule has 0 aromatic heterocycles. The Bertz CT molecular complexity index is 139. The summed E-state index contributed by atoms with van der Waals surface area (Å²) in [5, 5.41) is 3.21. The van der Waals surface area contributed by atoms with Gasteiger partial charge in [-0.25, -0.2) is 0 Å². The zero-order valence-corrected chi connectivity index (χ0v) is 11.7. The first-order valence-electron chi connectivity index (χ1n) is 7.50. The molecular formula is C14H33N3. The Morgan fingerprint density at radius 3 is 1.76 bits per heavy atom. The summed E-state index contributed by atoms with van der Waals surface area (Å²) in [4.78, 5) is 0. The van der Waals surface area contributed by atoms with Crippen LogP contribution < -0.4 is 16.8 Å². The molecule has 1 atom stereocenters. The predicted molar refractivity (Wildman–Crippen MR) is 76.9 cm³/mol.